The fourth-order valence-corrected chi connectivity index (χ4v) is 0.814. The molecule has 5 N–H and O–H groups in total. The Morgan fingerprint density at radius 2 is 1.67 bits per heavy atom. The van der Waals surface area contributed by atoms with Gasteiger partial charge in [0.2, 0.25) is 0 Å². The minimum Gasteiger partial charge on any atom is -0.481 e. The average Bonchev–Trinajstić information content (AvgIpc) is 1.85. The van der Waals surface area contributed by atoms with E-state index >= 15 is 0 Å². The highest BCUT2D eigenvalue weighted by molar-refractivity contribution is 5.82. The third kappa shape index (κ3) is 2.48. The van der Waals surface area contributed by atoms with E-state index in [1.807, 2.05) is 0 Å². The first kappa shape index (κ1) is 10.9. The van der Waals surface area contributed by atoms with E-state index in [9.17, 15) is 9.59 Å². The smallest absolute Gasteiger partial charge is 0.321 e. The first-order chi connectivity index (χ1) is 5.37. The molecule has 0 aromatic rings. The predicted octanol–water partition coefficient (Wildman–Crippen LogP) is -1.52. The van der Waals surface area contributed by atoms with Crippen molar-refractivity contribution in [2.75, 3.05) is 0 Å². The second-order valence-electron chi connectivity index (χ2n) is 2.47. The monoisotopic (exact) mass is 177 g/mol. The summed E-state index contributed by atoms with van der Waals surface area (Å²) < 4.78 is 0. The number of rotatable bonds is 4. The fourth-order valence-electron chi connectivity index (χ4n) is 0.814. The molecule has 0 aromatic carbocycles. The van der Waals surface area contributed by atoms with Crippen LogP contribution in [0.25, 0.3) is 0 Å². The summed E-state index contributed by atoms with van der Waals surface area (Å²) in [7, 11) is 0. The van der Waals surface area contributed by atoms with Crippen molar-refractivity contribution in [2.24, 2.45) is 11.7 Å². The summed E-state index contributed by atoms with van der Waals surface area (Å²) in [5.41, 5.74) is 5.02. The van der Waals surface area contributed by atoms with Gasteiger partial charge in [-0.3, -0.25) is 9.59 Å². The van der Waals surface area contributed by atoms with Gasteiger partial charge in [0.15, 0.2) is 0 Å². The van der Waals surface area contributed by atoms with Gasteiger partial charge in [0.1, 0.15) is 12.0 Å². The van der Waals surface area contributed by atoms with Crippen LogP contribution in [0.15, 0.2) is 0 Å². The highest BCUT2D eigenvalue weighted by Crippen LogP contribution is 2.08. The molecular weight excluding hydrogens is 166 g/mol. The number of hydrogen-bond donors (Lipinski definition) is 4. The number of aliphatic hydroxyl groups is 1. The van der Waals surface area contributed by atoms with Crippen LogP contribution in [0, 0.1) is 5.92 Å². The zero-order valence-corrected chi connectivity index (χ0v) is 6.47. The van der Waals surface area contributed by atoms with E-state index in [0.29, 0.717) is 0 Å². The number of nitrogens with two attached hydrogens (primary N) is 1. The first-order valence-corrected chi connectivity index (χ1v) is 3.27. The molecule has 6 nitrogen and oxygen atoms in total. The van der Waals surface area contributed by atoms with E-state index in [2.05, 4.69) is 0 Å². The third-order valence-electron chi connectivity index (χ3n) is 1.48. The quantitative estimate of drug-likeness (QED) is 0.414. The van der Waals surface area contributed by atoms with Crippen LogP contribution in [0.1, 0.15) is 6.92 Å². The molecule has 0 radical (unpaired) electrons. The van der Waals surface area contributed by atoms with E-state index in [0.717, 1.165) is 0 Å². The van der Waals surface area contributed by atoms with Crippen molar-refractivity contribution in [3.63, 3.8) is 0 Å². The number of hydrogen-bond acceptors (Lipinski definition) is 4. The van der Waals surface area contributed by atoms with Crippen molar-refractivity contribution in [1.29, 1.82) is 0 Å². The Kier molecular flexibility index (Phi) is 3.65. The maximum Gasteiger partial charge on any atom is 0.321 e. The minimum absolute atomic E-state index is 1.18. The van der Waals surface area contributed by atoms with Gasteiger partial charge in [-0.05, 0) is 6.92 Å². The molecule has 3 unspecified atom stereocenters. The Hall–Kier alpha value is -1.14. The molecule has 0 bridgehead atoms. The molecule has 6 heteroatoms. The van der Waals surface area contributed by atoms with Gasteiger partial charge < -0.3 is 21.1 Å². The van der Waals surface area contributed by atoms with Crippen LogP contribution in [0.2, 0.25) is 0 Å². The van der Waals surface area contributed by atoms with Crippen molar-refractivity contribution < 1.29 is 24.9 Å². The molecule has 0 rings (SSSR count). The lowest BCUT2D eigenvalue weighted by Gasteiger charge is -2.18. The van der Waals surface area contributed by atoms with Gasteiger partial charge in [0.05, 0.1) is 6.10 Å². The van der Waals surface area contributed by atoms with Crippen molar-refractivity contribution in [1.82, 2.24) is 0 Å². The molecule has 12 heavy (non-hydrogen) atoms. The van der Waals surface area contributed by atoms with Gasteiger partial charge >= 0.3 is 11.9 Å². The maximum atomic E-state index is 10.4. The lowest BCUT2D eigenvalue weighted by atomic mass is 9.95. The van der Waals surface area contributed by atoms with Crippen LogP contribution in [0.5, 0.6) is 0 Å². The molecule has 0 heterocycles. The Balaban J connectivity index is 4.51. The SMILES string of the molecule is CC(O)C(C(=O)O)C(N)C(=O)O. The Labute approximate surface area is 68.6 Å². The average molecular weight is 177 g/mol. The standard InChI is InChI=1S/C6H11NO5/c1-2(8)3(5(9)10)4(7)6(11)12/h2-4,8H,7H2,1H3,(H,9,10)(H,11,12). The second-order valence-corrected chi connectivity index (χ2v) is 2.47. The van der Waals surface area contributed by atoms with Crippen molar-refractivity contribution >= 4 is 11.9 Å². The number of aliphatic carboxylic acids is 2. The van der Waals surface area contributed by atoms with Gasteiger partial charge in [-0.15, -0.1) is 0 Å². The summed E-state index contributed by atoms with van der Waals surface area (Å²) in [5.74, 6) is -4.33. The summed E-state index contributed by atoms with van der Waals surface area (Å²) >= 11 is 0. The first-order valence-electron chi connectivity index (χ1n) is 3.27. The third-order valence-corrected chi connectivity index (χ3v) is 1.48. The topological polar surface area (TPSA) is 121 Å². The molecule has 0 saturated heterocycles. The summed E-state index contributed by atoms with van der Waals surface area (Å²) in [5, 5.41) is 25.7. The molecule has 0 aliphatic rings. The molecular formula is C6H11NO5. The molecule has 3 atom stereocenters. The van der Waals surface area contributed by atoms with Crippen LogP contribution < -0.4 is 5.73 Å². The number of carboxylic acids is 2. The summed E-state index contributed by atoms with van der Waals surface area (Å²) in [6.45, 7) is 1.18. The number of carboxylic acid groups (broad SMARTS) is 2. The van der Waals surface area contributed by atoms with Gasteiger partial charge in [0, 0.05) is 0 Å². The lowest BCUT2D eigenvalue weighted by Crippen LogP contribution is -2.46. The normalized spacial score (nSPS) is 17.9. The van der Waals surface area contributed by atoms with E-state index in [-0.39, 0.29) is 0 Å². The Morgan fingerprint density at radius 1 is 1.25 bits per heavy atom. The van der Waals surface area contributed by atoms with Crippen LogP contribution in [0.3, 0.4) is 0 Å². The van der Waals surface area contributed by atoms with Crippen LogP contribution in [-0.4, -0.2) is 39.4 Å². The highest BCUT2D eigenvalue weighted by atomic mass is 16.4. The molecule has 0 fully saturated rings. The predicted molar refractivity (Wildman–Crippen MR) is 38.4 cm³/mol. The zero-order valence-electron chi connectivity index (χ0n) is 6.47. The van der Waals surface area contributed by atoms with E-state index in [1.54, 1.807) is 0 Å². The number of aliphatic hydroxyl groups excluding tert-OH is 1. The Morgan fingerprint density at radius 3 is 1.75 bits per heavy atom. The minimum atomic E-state index is -1.58. The maximum absolute atomic E-state index is 10.4. The lowest BCUT2D eigenvalue weighted by molar-refractivity contribution is -0.153. The molecule has 0 saturated carbocycles. The molecule has 0 aliphatic carbocycles. The van der Waals surface area contributed by atoms with Gasteiger partial charge in [0.25, 0.3) is 0 Å². The summed E-state index contributed by atoms with van der Waals surface area (Å²) in [6, 6.07) is -1.58. The van der Waals surface area contributed by atoms with Crippen LogP contribution in [0.4, 0.5) is 0 Å². The molecule has 0 aliphatic heterocycles. The van der Waals surface area contributed by atoms with Crippen LogP contribution in [-0.2, 0) is 9.59 Å². The molecule has 0 spiro atoms. The van der Waals surface area contributed by atoms with Gasteiger partial charge in [-0.2, -0.15) is 0 Å². The summed E-state index contributed by atoms with van der Waals surface area (Å²) in [4.78, 5) is 20.6. The van der Waals surface area contributed by atoms with E-state index < -0.39 is 30.0 Å². The highest BCUT2D eigenvalue weighted by Gasteiger charge is 2.34. The van der Waals surface area contributed by atoms with E-state index in [1.165, 1.54) is 6.92 Å². The zero-order chi connectivity index (χ0) is 9.89. The van der Waals surface area contributed by atoms with Crippen molar-refractivity contribution in [3.8, 4) is 0 Å². The molecule has 70 valence electrons. The van der Waals surface area contributed by atoms with Crippen molar-refractivity contribution in [2.45, 2.75) is 19.1 Å². The van der Waals surface area contributed by atoms with Crippen molar-refractivity contribution in [3.05, 3.63) is 0 Å². The van der Waals surface area contributed by atoms with Crippen LogP contribution >= 0.6 is 0 Å². The molecule has 0 amide bonds. The Bertz CT molecular complexity index is 190. The largest absolute Gasteiger partial charge is 0.481 e. The van der Waals surface area contributed by atoms with E-state index in [4.69, 9.17) is 21.1 Å². The fraction of sp³-hybridized carbons (Fsp3) is 0.667. The summed E-state index contributed by atoms with van der Waals surface area (Å²) in [6.07, 6.45) is -1.28. The number of carbonyl (C=O) groups is 2. The second kappa shape index (κ2) is 4.03. The van der Waals surface area contributed by atoms with Gasteiger partial charge in [-0.1, -0.05) is 0 Å². The molecule has 0 aromatic heterocycles. The van der Waals surface area contributed by atoms with Gasteiger partial charge in [-0.25, -0.2) is 0 Å².